The van der Waals surface area contributed by atoms with Crippen LogP contribution in [0.4, 0.5) is 5.69 Å². The minimum absolute atomic E-state index is 0.124. The summed E-state index contributed by atoms with van der Waals surface area (Å²) >= 11 is 0. The van der Waals surface area contributed by atoms with Crippen molar-refractivity contribution in [2.45, 2.75) is 50.8 Å². The molecule has 2 aromatic carbocycles. The Morgan fingerprint density at radius 1 is 1.04 bits per heavy atom. The van der Waals surface area contributed by atoms with Crippen molar-refractivity contribution in [1.82, 2.24) is 5.32 Å². The number of benzene rings is 2. The molecule has 5 nitrogen and oxygen atoms in total. The van der Waals surface area contributed by atoms with E-state index >= 15 is 0 Å². The van der Waals surface area contributed by atoms with Crippen LogP contribution < -0.4 is 10.0 Å². The van der Waals surface area contributed by atoms with Crippen LogP contribution in [0.15, 0.2) is 47.4 Å². The number of sulfonamides is 1. The fourth-order valence-corrected chi connectivity index (χ4v) is 5.00. The average molecular weight is 401 g/mol. The highest BCUT2D eigenvalue weighted by molar-refractivity contribution is 7.92. The number of rotatable bonds is 6. The smallest absolute Gasteiger partial charge is 0.262 e. The van der Waals surface area contributed by atoms with Gasteiger partial charge >= 0.3 is 0 Å². The van der Waals surface area contributed by atoms with Gasteiger partial charge in [-0.3, -0.25) is 9.52 Å². The van der Waals surface area contributed by atoms with E-state index in [-0.39, 0.29) is 10.8 Å². The molecule has 150 valence electrons. The number of nitrogens with one attached hydrogen (secondary N) is 2. The zero-order valence-corrected chi connectivity index (χ0v) is 17.3. The second-order valence-electron chi connectivity index (χ2n) is 7.67. The molecule has 1 fully saturated rings. The largest absolute Gasteiger partial charge is 0.352 e. The topological polar surface area (TPSA) is 75.3 Å². The molecule has 28 heavy (non-hydrogen) atoms. The normalized spacial score (nSPS) is 15.2. The van der Waals surface area contributed by atoms with Crippen molar-refractivity contribution in [2.24, 2.45) is 5.92 Å². The van der Waals surface area contributed by atoms with Crippen LogP contribution in [-0.4, -0.2) is 20.9 Å². The van der Waals surface area contributed by atoms with Crippen LogP contribution in [0.25, 0.3) is 0 Å². The molecule has 0 unspecified atom stereocenters. The Labute approximate surface area is 167 Å². The van der Waals surface area contributed by atoms with E-state index in [0.717, 1.165) is 18.4 Å². The van der Waals surface area contributed by atoms with E-state index < -0.39 is 10.0 Å². The Kier molecular flexibility index (Phi) is 6.39. The first-order valence-electron chi connectivity index (χ1n) is 9.83. The van der Waals surface area contributed by atoms with Gasteiger partial charge in [0.1, 0.15) is 0 Å². The van der Waals surface area contributed by atoms with Crippen LogP contribution in [0.2, 0.25) is 0 Å². The molecule has 1 aliphatic carbocycles. The summed E-state index contributed by atoms with van der Waals surface area (Å²) < 4.78 is 28.3. The van der Waals surface area contributed by atoms with Gasteiger partial charge in [0.25, 0.3) is 15.9 Å². The average Bonchev–Trinajstić information content (AvgIpc) is 2.67. The SMILES string of the molecule is Cc1cccc(NS(=O)(=O)c2cc(C(=O)NCC3CCCCC3)ccc2C)c1. The Hall–Kier alpha value is -2.34. The van der Waals surface area contributed by atoms with Gasteiger partial charge in [-0.1, -0.05) is 37.5 Å². The molecular formula is C22H28N2O3S. The first-order valence-corrected chi connectivity index (χ1v) is 11.3. The molecule has 0 atom stereocenters. The fraction of sp³-hybridized carbons (Fsp3) is 0.409. The number of anilines is 1. The summed E-state index contributed by atoms with van der Waals surface area (Å²) in [6.45, 7) is 4.28. The van der Waals surface area contributed by atoms with E-state index in [4.69, 9.17) is 0 Å². The maximum absolute atomic E-state index is 12.9. The van der Waals surface area contributed by atoms with E-state index in [0.29, 0.717) is 29.3 Å². The minimum atomic E-state index is -3.78. The van der Waals surface area contributed by atoms with Crippen LogP contribution in [0.3, 0.4) is 0 Å². The van der Waals surface area contributed by atoms with Crippen molar-refractivity contribution >= 4 is 21.6 Å². The Balaban J connectivity index is 1.75. The number of carbonyl (C=O) groups is 1. The van der Waals surface area contributed by atoms with Gasteiger partial charge < -0.3 is 5.32 Å². The Morgan fingerprint density at radius 2 is 1.79 bits per heavy atom. The van der Waals surface area contributed by atoms with Crippen molar-refractivity contribution in [1.29, 1.82) is 0 Å². The second kappa shape index (κ2) is 8.78. The van der Waals surface area contributed by atoms with Crippen molar-refractivity contribution < 1.29 is 13.2 Å². The summed E-state index contributed by atoms with van der Waals surface area (Å²) in [4.78, 5) is 12.7. The Bertz CT molecular complexity index is 948. The van der Waals surface area contributed by atoms with E-state index in [1.54, 1.807) is 37.3 Å². The van der Waals surface area contributed by atoms with Gasteiger partial charge in [0.15, 0.2) is 0 Å². The summed E-state index contributed by atoms with van der Waals surface area (Å²) in [6, 6.07) is 12.0. The van der Waals surface area contributed by atoms with Crippen LogP contribution in [0.1, 0.15) is 53.6 Å². The van der Waals surface area contributed by atoms with Crippen molar-refractivity contribution in [3.8, 4) is 0 Å². The van der Waals surface area contributed by atoms with Crippen molar-refractivity contribution in [2.75, 3.05) is 11.3 Å². The van der Waals surface area contributed by atoms with Crippen LogP contribution >= 0.6 is 0 Å². The summed E-state index contributed by atoms with van der Waals surface area (Å²) in [7, 11) is -3.78. The van der Waals surface area contributed by atoms with E-state index in [1.807, 2.05) is 13.0 Å². The molecule has 0 saturated heterocycles. The number of hydrogen-bond donors (Lipinski definition) is 2. The molecule has 0 aromatic heterocycles. The van der Waals surface area contributed by atoms with E-state index in [9.17, 15) is 13.2 Å². The summed E-state index contributed by atoms with van der Waals surface area (Å²) in [6.07, 6.45) is 6.01. The molecular weight excluding hydrogens is 372 g/mol. The highest BCUT2D eigenvalue weighted by Gasteiger charge is 2.20. The molecule has 3 rings (SSSR count). The lowest BCUT2D eigenvalue weighted by Gasteiger charge is -2.21. The second-order valence-corrected chi connectivity index (χ2v) is 9.32. The van der Waals surface area contributed by atoms with Gasteiger partial charge in [-0.15, -0.1) is 0 Å². The number of amides is 1. The maximum Gasteiger partial charge on any atom is 0.262 e. The van der Waals surface area contributed by atoms with Gasteiger partial charge in [-0.05, 0) is 68.0 Å². The molecule has 0 heterocycles. The highest BCUT2D eigenvalue weighted by atomic mass is 32.2. The zero-order chi connectivity index (χ0) is 20.1. The van der Waals surface area contributed by atoms with Gasteiger partial charge in [0.05, 0.1) is 4.90 Å². The lowest BCUT2D eigenvalue weighted by Crippen LogP contribution is -2.30. The molecule has 2 N–H and O–H groups in total. The number of hydrogen-bond acceptors (Lipinski definition) is 3. The van der Waals surface area contributed by atoms with Crippen molar-refractivity contribution in [3.05, 3.63) is 59.2 Å². The molecule has 1 aliphatic rings. The lowest BCUT2D eigenvalue weighted by molar-refractivity contribution is 0.0943. The van der Waals surface area contributed by atoms with Gasteiger partial charge in [0.2, 0.25) is 0 Å². The minimum Gasteiger partial charge on any atom is -0.352 e. The predicted octanol–water partition coefficient (Wildman–Crippen LogP) is 4.41. The zero-order valence-electron chi connectivity index (χ0n) is 16.5. The van der Waals surface area contributed by atoms with Crippen molar-refractivity contribution in [3.63, 3.8) is 0 Å². The number of aryl methyl sites for hydroxylation is 2. The number of carbonyl (C=O) groups excluding carboxylic acids is 1. The van der Waals surface area contributed by atoms with Gasteiger partial charge in [-0.25, -0.2) is 8.42 Å². The van der Waals surface area contributed by atoms with Crippen LogP contribution in [0.5, 0.6) is 0 Å². The quantitative estimate of drug-likeness (QED) is 0.754. The third-order valence-corrected chi connectivity index (χ3v) is 6.81. The summed E-state index contributed by atoms with van der Waals surface area (Å²) in [5.41, 5.74) is 2.44. The standard InChI is InChI=1S/C22H28N2O3S/c1-16-7-6-10-20(13-16)24-28(26,27)21-14-19(12-11-17(21)2)22(25)23-15-18-8-4-3-5-9-18/h6-7,10-14,18,24H,3-5,8-9,15H2,1-2H3,(H,23,25). The van der Waals surface area contributed by atoms with Crippen LogP contribution in [0, 0.1) is 19.8 Å². The molecule has 0 radical (unpaired) electrons. The molecule has 1 saturated carbocycles. The predicted molar refractivity (Wildman–Crippen MR) is 112 cm³/mol. The third-order valence-electron chi connectivity index (χ3n) is 5.29. The Morgan fingerprint density at radius 3 is 2.50 bits per heavy atom. The van der Waals surface area contributed by atoms with Gasteiger partial charge in [-0.2, -0.15) is 0 Å². The highest BCUT2D eigenvalue weighted by Crippen LogP contribution is 2.24. The van der Waals surface area contributed by atoms with E-state index in [1.165, 1.54) is 25.3 Å². The molecule has 0 spiro atoms. The third kappa shape index (κ3) is 5.13. The summed E-state index contributed by atoms with van der Waals surface area (Å²) in [5, 5.41) is 2.97. The van der Waals surface area contributed by atoms with Crippen LogP contribution in [-0.2, 0) is 10.0 Å². The molecule has 0 aliphatic heterocycles. The first kappa shape index (κ1) is 20.4. The first-order chi connectivity index (χ1) is 13.3. The summed E-state index contributed by atoms with van der Waals surface area (Å²) in [5.74, 6) is 0.298. The maximum atomic E-state index is 12.9. The molecule has 0 bridgehead atoms. The molecule has 1 amide bonds. The van der Waals surface area contributed by atoms with E-state index in [2.05, 4.69) is 10.0 Å². The molecule has 2 aromatic rings. The molecule has 6 heteroatoms. The monoisotopic (exact) mass is 400 g/mol. The fourth-order valence-electron chi connectivity index (χ4n) is 3.68. The lowest BCUT2D eigenvalue weighted by atomic mass is 9.89. The van der Waals surface area contributed by atoms with Gasteiger partial charge in [0, 0.05) is 17.8 Å².